The third-order valence-corrected chi connectivity index (χ3v) is 4.47. The van der Waals surface area contributed by atoms with Crippen molar-refractivity contribution < 1.29 is 9.59 Å². The fraction of sp³-hybridized carbons (Fsp3) is 0.556. The standard InChI is InChI=1S/C18H24ClNO2/c19-15-10-8-14(9-11-15)17(21)12-13-18(22)20-16-6-4-2-1-3-5-7-16/h8-11,16H,1-7,12-13H2,(H,20,22). The third kappa shape index (κ3) is 5.80. The molecule has 120 valence electrons. The molecule has 1 aromatic rings. The van der Waals surface area contributed by atoms with E-state index >= 15 is 0 Å². The van der Waals surface area contributed by atoms with Crippen LogP contribution in [0.1, 0.15) is 68.1 Å². The summed E-state index contributed by atoms with van der Waals surface area (Å²) in [5, 5.41) is 3.70. The van der Waals surface area contributed by atoms with Gasteiger partial charge in [0.2, 0.25) is 5.91 Å². The average Bonchev–Trinajstić information content (AvgIpc) is 2.48. The SMILES string of the molecule is O=C(CCC(=O)c1ccc(Cl)cc1)NC1CCCCCCC1. The summed E-state index contributed by atoms with van der Waals surface area (Å²) in [4.78, 5) is 24.0. The van der Waals surface area contributed by atoms with Gasteiger partial charge in [0.15, 0.2) is 5.78 Å². The molecule has 1 aromatic carbocycles. The zero-order chi connectivity index (χ0) is 15.8. The second kappa shape index (κ2) is 8.94. The van der Waals surface area contributed by atoms with Crippen molar-refractivity contribution in [2.45, 2.75) is 63.8 Å². The lowest BCUT2D eigenvalue weighted by atomic mass is 9.96. The van der Waals surface area contributed by atoms with E-state index in [4.69, 9.17) is 11.6 Å². The maximum absolute atomic E-state index is 12.0. The van der Waals surface area contributed by atoms with Crippen molar-refractivity contribution in [2.75, 3.05) is 0 Å². The number of Topliss-reactive ketones (excluding diaryl/α,β-unsaturated/α-hetero) is 1. The summed E-state index contributed by atoms with van der Waals surface area (Å²) in [7, 11) is 0. The predicted octanol–water partition coefficient (Wildman–Crippen LogP) is 4.53. The van der Waals surface area contributed by atoms with Crippen molar-refractivity contribution in [3.63, 3.8) is 0 Å². The lowest BCUT2D eigenvalue weighted by molar-refractivity contribution is -0.121. The number of rotatable bonds is 5. The van der Waals surface area contributed by atoms with Gasteiger partial charge in [-0.15, -0.1) is 0 Å². The number of amides is 1. The summed E-state index contributed by atoms with van der Waals surface area (Å²) >= 11 is 5.80. The molecule has 0 heterocycles. The van der Waals surface area contributed by atoms with Gasteiger partial charge >= 0.3 is 0 Å². The van der Waals surface area contributed by atoms with E-state index in [9.17, 15) is 9.59 Å². The van der Waals surface area contributed by atoms with E-state index in [1.165, 1.54) is 32.1 Å². The van der Waals surface area contributed by atoms with Crippen LogP contribution in [0.25, 0.3) is 0 Å². The molecule has 1 N–H and O–H groups in total. The normalized spacial score (nSPS) is 16.6. The Kier molecular flexibility index (Phi) is 6.91. The molecule has 0 atom stereocenters. The van der Waals surface area contributed by atoms with Crippen LogP contribution >= 0.6 is 11.6 Å². The van der Waals surface area contributed by atoms with Crippen LogP contribution in [0.5, 0.6) is 0 Å². The first-order chi connectivity index (χ1) is 10.6. The van der Waals surface area contributed by atoms with Crippen LogP contribution in [-0.4, -0.2) is 17.7 Å². The second-order valence-electron chi connectivity index (χ2n) is 6.04. The van der Waals surface area contributed by atoms with E-state index in [1.54, 1.807) is 24.3 Å². The minimum Gasteiger partial charge on any atom is -0.353 e. The smallest absolute Gasteiger partial charge is 0.220 e. The number of carbonyl (C=O) groups is 2. The number of halogens is 1. The Morgan fingerprint density at radius 2 is 1.55 bits per heavy atom. The highest BCUT2D eigenvalue weighted by Crippen LogP contribution is 2.17. The first-order valence-electron chi connectivity index (χ1n) is 8.23. The molecule has 0 unspecified atom stereocenters. The van der Waals surface area contributed by atoms with E-state index in [-0.39, 0.29) is 24.5 Å². The molecule has 0 saturated heterocycles. The molecular formula is C18H24ClNO2. The Morgan fingerprint density at radius 1 is 0.955 bits per heavy atom. The number of hydrogen-bond donors (Lipinski definition) is 1. The molecule has 0 aromatic heterocycles. The summed E-state index contributed by atoms with van der Waals surface area (Å²) in [6.07, 6.45) is 8.87. The quantitative estimate of drug-likeness (QED) is 0.810. The van der Waals surface area contributed by atoms with Crippen LogP contribution in [-0.2, 0) is 4.79 Å². The molecule has 0 aliphatic heterocycles. The van der Waals surface area contributed by atoms with Crippen molar-refractivity contribution in [1.29, 1.82) is 0 Å². The Morgan fingerprint density at radius 3 is 2.18 bits per heavy atom. The van der Waals surface area contributed by atoms with Gasteiger partial charge in [-0.25, -0.2) is 0 Å². The molecule has 3 nitrogen and oxygen atoms in total. The molecule has 1 fully saturated rings. The van der Waals surface area contributed by atoms with Gasteiger partial charge in [-0.3, -0.25) is 9.59 Å². The molecule has 1 aliphatic rings. The fourth-order valence-electron chi connectivity index (χ4n) is 2.91. The van der Waals surface area contributed by atoms with Crippen molar-refractivity contribution >= 4 is 23.3 Å². The lowest BCUT2D eigenvalue weighted by Crippen LogP contribution is -2.35. The van der Waals surface area contributed by atoms with Crippen LogP contribution in [0.2, 0.25) is 5.02 Å². The monoisotopic (exact) mass is 321 g/mol. The average molecular weight is 322 g/mol. The van der Waals surface area contributed by atoms with Crippen molar-refractivity contribution in [3.05, 3.63) is 34.9 Å². The van der Waals surface area contributed by atoms with Crippen molar-refractivity contribution in [2.24, 2.45) is 0 Å². The predicted molar refractivity (Wildman–Crippen MR) is 89.3 cm³/mol. The second-order valence-corrected chi connectivity index (χ2v) is 6.48. The largest absolute Gasteiger partial charge is 0.353 e. The van der Waals surface area contributed by atoms with Gasteiger partial charge in [-0.05, 0) is 37.1 Å². The summed E-state index contributed by atoms with van der Waals surface area (Å²) in [6, 6.07) is 7.10. The third-order valence-electron chi connectivity index (χ3n) is 4.22. The summed E-state index contributed by atoms with van der Waals surface area (Å²) in [5.41, 5.74) is 0.614. The van der Waals surface area contributed by atoms with Crippen LogP contribution < -0.4 is 5.32 Å². The van der Waals surface area contributed by atoms with Gasteiger partial charge in [-0.2, -0.15) is 0 Å². The highest BCUT2D eigenvalue weighted by atomic mass is 35.5. The van der Waals surface area contributed by atoms with Crippen molar-refractivity contribution in [3.8, 4) is 0 Å². The number of benzene rings is 1. The molecule has 0 spiro atoms. The van der Waals surface area contributed by atoms with Gasteiger partial charge in [0.25, 0.3) is 0 Å². The summed E-state index contributed by atoms with van der Waals surface area (Å²) < 4.78 is 0. The molecular weight excluding hydrogens is 298 g/mol. The zero-order valence-electron chi connectivity index (χ0n) is 12.9. The van der Waals surface area contributed by atoms with E-state index in [2.05, 4.69) is 5.32 Å². The molecule has 0 radical (unpaired) electrons. The minimum absolute atomic E-state index is 0.00659. The molecule has 4 heteroatoms. The maximum atomic E-state index is 12.0. The number of nitrogens with one attached hydrogen (secondary N) is 1. The molecule has 1 aliphatic carbocycles. The van der Waals surface area contributed by atoms with Crippen LogP contribution in [0.3, 0.4) is 0 Å². The highest BCUT2D eigenvalue weighted by Gasteiger charge is 2.15. The topological polar surface area (TPSA) is 46.2 Å². The maximum Gasteiger partial charge on any atom is 0.220 e. The van der Waals surface area contributed by atoms with E-state index in [0.717, 1.165) is 12.8 Å². The molecule has 1 saturated carbocycles. The number of hydrogen-bond acceptors (Lipinski definition) is 2. The highest BCUT2D eigenvalue weighted by molar-refractivity contribution is 6.30. The molecule has 22 heavy (non-hydrogen) atoms. The Bertz CT molecular complexity index is 490. The van der Waals surface area contributed by atoms with Gasteiger partial charge in [-0.1, -0.05) is 43.7 Å². The van der Waals surface area contributed by atoms with E-state index < -0.39 is 0 Å². The van der Waals surface area contributed by atoms with Crippen LogP contribution in [0.15, 0.2) is 24.3 Å². The van der Waals surface area contributed by atoms with E-state index in [0.29, 0.717) is 16.6 Å². The molecule has 1 amide bonds. The summed E-state index contributed by atoms with van der Waals surface area (Å²) in [6.45, 7) is 0. The first kappa shape index (κ1) is 17.0. The lowest BCUT2D eigenvalue weighted by Gasteiger charge is -2.21. The van der Waals surface area contributed by atoms with Gasteiger partial charge in [0, 0.05) is 29.5 Å². The zero-order valence-corrected chi connectivity index (χ0v) is 13.7. The fourth-order valence-corrected chi connectivity index (χ4v) is 3.03. The molecule has 2 rings (SSSR count). The van der Waals surface area contributed by atoms with Gasteiger partial charge in [0.1, 0.15) is 0 Å². The minimum atomic E-state index is -0.00974. The van der Waals surface area contributed by atoms with Crippen molar-refractivity contribution in [1.82, 2.24) is 5.32 Å². The first-order valence-corrected chi connectivity index (χ1v) is 8.61. The number of ketones is 1. The number of carbonyl (C=O) groups excluding carboxylic acids is 2. The van der Waals surface area contributed by atoms with Crippen LogP contribution in [0, 0.1) is 0 Å². The summed E-state index contributed by atoms with van der Waals surface area (Å²) in [5.74, 6) is -0.0163. The Labute approximate surface area is 137 Å². The van der Waals surface area contributed by atoms with Crippen LogP contribution in [0.4, 0.5) is 0 Å². The Hall–Kier alpha value is -1.35. The van der Waals surface area contributed by atoms with Gasteiger partial charge < -0.3 is 5.32 Å². The van der Waals surface area contributed by atoms with Gasteiger partial charge in [0.05, 0.1) is 0 Å². The van der Waals surface area contributed by atoms with E-state index in [1.807, 2.05) is 0 Å². The Balaban J connectivity index is 1.74. The molecule has 0 bridgehead atoms.